The van der Waals surface area contributed by atoms with Gasteiger partial charge in [0.15, 0.2) is 5.69 Å². The summed E-state index contributed by atoms with van der Waals surface area (Å²) in [6.07, 6.45) is 5.58. The fourth-order valence-electron chi connectivity index (χ4n) is 1.38. The van der Waals surface area contributed by atoms with E-state index < -0.39 is 0 Å². The predicted octanol–water partition coefficient (Wildman–Crippen LogP) is 2.36. The molecule has 0 saturated heterocycles. The second-order valence-corrected chi connectivity index (χ2v) is 3.34. The van der Waals surface area contributed by atoms with Gasteiger partial charge in [-0.05, 0) is 25.0 Å². The molecule has 15 heavy (non-hydrogen) atoms. The fraction of sp³-hybridized carbons (Fsp3) is 0.333. The van der Waals surface area contributed by atoms with Crippen LogP contribution in [0, 0.1) is 11.3 Å². The van der Waals surface area contributed by atoms with Crippen LogP contribution in [0.2, 0.25) is 0 Å². The minimum Gasteiger partial charge on any atom is -0.372 e. The van der Waals surface area contributed by atoms with Gasteiger partial charge in [-0.1, -0.05) is 6.08 Å². The third-order valence-corrected chi connectivity index (χ3v) is 2.21. The van der Waals surface area contributed by atoms with Crippen LogP contribution < -0.4 is 4.90 Å². The van der Waals surface area contributed by atoms with Crippen LogP contribution in [0.4, 0.5) is 5.69 Å². The number of pyridine rings is 1. The van der Waals surface area contributed by atoms with Gasteiger partial charge < -0.3 is 4.90 Å². The van der Waals surface area contributed by atoms with E-state index in [1.165, 1.54) is 0 Å². The zero-order valence-electron chi connectivity index (χ0n) is 8.98. The molecule has 0 aliphatic carbocycles. The lowest BCUT2D eigenvalue weighted by Gasteiger charge is -2.19. The van der Waals surface area contributed by atoms with Gasteiger partial charge in [-0.3, -0.25) is 0 Å². The molecule has 3 nitrogen and oxygen atoms in total. The average Bonchev–Trinajstić information content (AvgIpc) is 2.29. The van der Waals surface area contributed by atoms with Crippen LogP contribution >= 0.6 is 0 Å². The van der Waals surface area contributed by atoms with Crippen LogP contribution in [0.1, 0.15) is 18.5 Å². The summed E-state index contributed by atoms with van der Waals surface area (Å²) in [7, 11) is 1.97. The van der Waals surface area contributed by atoms with Crippen molar-refractivity contribution in [1.82, 2.24) is 4.98 Å². The van der Waals surface area contributed by atoms with E-state index in [2.05, 4.69) is 22.5 Å². The fourth-order valence-corrected chi connectivity index (χ4v) is 1.38. The Balaban J connectivity index is 2.69. The number of aromatic nitrogens is 1. The Morgan fingerprint density at radius 2 is 2.47 bits per heavy atom. The molecule has 1 aromatic rings. The third-order valence-electron chi connectivity index (χ3n) is 2.21. The van der Waals surface area contributed by atoms with Gasteiger partial charge in [0, 0.05) is 19.8 Å². The Kier molecular flexibility index (Phi) is 4.36. The number of rotatable bonds is 5. The molecule has 1 heterocycles. The van der Waals surface area contributed by atoms with Gasteiger partial charge in [0.05, 0.1) is 5.69 Å². The molecular formula is C12H15N3. The number of hydrogen-bond acceptors (Lipinski definition) is 3. The maximum Gasteiger partial charge on any atom is 0.163 e. The summed E-state index contributed by atoms with van der Waals surface area (Å²) >= 11 is 0. The summed E-state index contributed by atoms with van der Waals surface area (Å²) in [5, 5.41) is 8.88. The first-order chi connectivity index (χ1) is 7.29. The molecule has 0 unspecified atom stereocenters. The lowest BCUT2D eigenvalue weighted by molar-refractivity contribution is 0.799. The van der Waals surface area contributed by atoms with Crippen molar-refractivity contribution in [3.05, 3.63) is 36.7 Å². The molecule has 0 fully saturated rings. The van der Waals surface area contributed by atoms with E-state index in [9.17, 15) is 0 Å². The maximum atomic E-state index is 8.88. The average molecular weight is 201 g/mol. The van der Waals surface area contributed by atoms with Crippen molar-refractivity contribution in [2.45, 2.75) is 12.8 Å². The van der Waals surface area contributed by atoms with Crippen LogP contribution in [0.5, 0.6) is 0 Å². The zero-order chi connectivity index (χ0) is 11.1. The van der Waals surface area contributed by atoms with Gasteiger partial charge in [0.1, 0.15) is 6.07 Å². The second-order valence-electron chi connectivity index (χ2n) is 3.34. The Labute approximate surface area is 90.7 Å². The number of hydrogen-bond donors (Lipinski definition) is 0. The lowest BCUT2D eigenvalue weighted by Crippen LogP contribution is -2.19. The van der Waals surface area contributed by atoms with E-state index in [0.717, 1.165) is 25.1 Å². The van der Waals surface area contributed by atoms with Crippen molar-refractivity contribution in [3.8, 4) is 6.07 Å². The van der Waals surface area contributed by atoms with Crippen molar-refractivity contribution in [1.29, 1.82) is 5.26 Å². The Hall–Kier alpha value is -1.82. The molecule has 0 radical (unpaired) electrons. The highest BCUT2D eigenvalue weighted by atomic mass is 15.1. The summed E-state index contributed by atoms with van der Waals surface area (Å²) < 4.78 is 0. The minimum atomic E-state index is 0.485. The molecule has 0 N–H and O–H groups in total. The highest BCUT2D eigenvalue weighted by molar-refractivity contribution is 5.54. The maximum absolute atomic E-state index is 8.88. The van der Waals surface area contributed by atoms with E-state index in [4.69, 9.17) is 5.26 Å². The Morgan fingerprint density at radius 3 is 3.13 bits per heavy atom. The van der Waals surface area contributed by atoms with Crippen LogP contribution in [0.25, 0.3) is 0 Å². The third kappa shape index (κ3) is 3.10. The van der Waals surface area contributed by atoms with E-state index >= 15 is 0 Å². The van der Waals surface area contributed by atoms with Gasteiger partial charge in [-0.2, -0.15) is 5.26 Å². The van der Waals surface area contributed by atoms with Crippen molar-refractivity contribution in [3.63, 3.8) is 0 Å². The first-order valence-corrected chi connectivity index (χ1v) is 4.96. The van der Waals surface area contributed by atoms with Crippen LogP contribution in [-0.2, 0) is 0 Å². The van der Waals surface area contributed by atoms with Crippen LogP contribution in [0.3, 0.4) is 0 Å². The molecule has 0 spiro atoms. The Bertz CT molecular complexity index is 365. The first-order valence-electron chi connectivity index (χ1n) is 4.96. The monoisotopic (exact) mass is 201 g/mol. The van der Waals surface area contributed by atoms with Crippen LogP contribution in [-0.4, -0.2) is 18.6 Å². The largest absolute Gasteiger partial charge is 0.372 e. The molecule has 78 valence electrons. The van der Waals surface area contributed by atoms with Gasteiger partial charge in [0.2, 0.25) is 0 Å². The van der Waals surface area contributed by atoms with Crippen molar-refractivity contribution in [2.75, 3.05) is 18.5 Å². The van der Waals surface area contributed by atoms with Crippen molar-refractivity contribution < 1.29 is 0 Å². The molecule has 0 aliphatic rings. The van der Waals surface area contributed by atoms with E-state index in [1.807, 2.05) is 25.3 Å². The summed E-state index contributed by atoms with van der Waals surface area (Å²) in [6, 6.07) is 5.86. The molecular weight excluding hydrogens is 186 g/mol. The highest BCUT2D eigenvalue weighted by Crippen LogP contribution is 2.15. The zero-order valence-corrected chi connectivity index (χ0v) is 8.98. The molecule has 0 bridgehead atoms. The molecule has 3 heteroatoms. The SMILES string of the molecule is C=CCCCN(C)c1cccnc1C#N. The smallest absolute Gasteiger partial charge is 0.163 e. The highest BCUT2D eigenvalue weighted by Gasteiger charge is 2.06. The second kappa shape index (κ2) is 5.82. The summed E-state index contributed by atoms with van der Waals surface area (Å²) in [5.74, 6) is 0. The summed E-state index contributed by atoms with van der Waals surface area (Å²) in [6.45, 7) is 4.59. The van der Waals surface area contributed by atoms with Crippen LogP contribution in [0.15, 0.2) is 31.0 Å². The lowest BCUT2D eigenvalue weighted by atomic mass is 10.2. The molecule has 0 atom stereocenters. The number of nitrogens with zero attached hydrogens (tertiary/aromatic N) is 3. The minimum absolute atomic E-state index is 0.485. The molecule has 1 aromatic heterocycles. The van der Waals surface area contributed by atoms with Gasteiger partial charge in [-0.15, -0.1) is 6.58 Å². The topological polar surface area (TPSA) is 39.9 Å². The standard InChI is InChI=1S/C12H15N3/c1-3-4-5-9-15(2)12-7-6-8-14-11(12)10-13/h3,6-8H,1,4-5,9H2,2H3. The molecule has 0 saturated carbocycles. The Morgan fingerprint density at radius 1 is 1.67 bits per heavy atom. The van der Waals surface area contributed by atoms with Gasteiger partial charge in [-0.25, -0.2) is 4.98 Å². The van der Waals surface area contributed by atoms with E-state index in [0.29, 0.717) is 5.69 Å². The number of unbranched alkanes of at least 4 members (excludes halogenated alkanes) is 1. The predicted molar refractivity (Wildman–Crippen MR) is 61.7 cm³/mol. The quantitative estimate of drug-likeness (QED) is 0.542. The molecule has 0 aliphatic heterocycles. The number of allylic oxidation sites excluding steroid dienone is 1. The van der Waals surface area contributed by atoms with Gasteiger partial charge in [0.25, 0.3) is 0 Å². The van der Waals surface area contributed by atoms with E-state index in [-0.39, 0.29) is 0 Å². The van der Waals surface area contributed by atoms with Crippen molar-refractivity contribution in [2.24, 2.45) is 0 Å². The van der Waals surface area contributed by atoms with E-state index in [1.54, 1.807) is 6.20 Å². The molecule has 0 aromatic carbocycles. The molecule has 1 rings (SSSR count). The first kappa shape index (κ1) is 11.3. The van der Waals surface area contributed by atoms with Crippen molar-refractivity contribution >= 4 is 5.69 Å². The summed E-state index contributed by atoms with van der Waals surface area (Å²) in [5.41, 5.74) is 1.38. The number of nitriles is 1. The summed E-state index contributed by atoms with van der Waals surface area (Å²) in [4.78, 5) is 6.07. The number of anilines is 1. The van der Waals surface area contributed by atoms with Gasteiger partial charge >= 0.3 is 0 Å². The molecule has 0 amide bonds. The normalized spacial score (nSPS) is 9.33.